The Balaban J connectivity index is 1.39. The monoisotopic (exact) mass is 529 g/mol. The molecule has 12 heteroatoms. The second-order valence-electron chi connectivity index (χ2n) is 9.59. The number of anilines is 1. The molecule has 0 bridgehead atoms. The Morgan fingerprint density at radius 1 is 1.13 bits per heavy atom. The maximum Gasteiger partial charge on any atom is 0.416 e. The zero-order valence-electron chi connectivity index (χ0n) is 20.2. The third kappa shape index (κ3) is 4.73. The van der Waals surface area contributed by atoms with Gasteiger partial charge in [0.15, 0.2) is 5.69 Å². The topological polar surface area (TPSA) is 96.3 Å². The van der Waals surface area contributed by atoms with Crippen LogP contribution in [-0.2, 0) is 24.1 Å². The lowest BCUT2D eigenvalue weighted by Crippen LogP contribution is -2.64. The van der Waals surface area contributed by atoms with E-state index in [0.29, 0.717) is 18.4 Å². The number of alkyl halides is 3. The van der Waals surface area contributed by atoms with E-state index in [1.165, 1.54) is 34.0 Å². The minimum atomic E-state index is -4.59. The molecule has 1 aromatic heterocycles. The van der Waals surface area contributed by atoms with E-state index in [9.17, 15) is 31.9 Å². The molecule has 0 saturated heterocycles. The molecule has 8 nitrogen and oxygen atoms in total. The van der Waals surface area contributed by atoms with Gasteiger partial charge in [0.1, 0.15) is 17.1 Å². The molecule has 38 heavy (non-hydrogen) atoms. The molecule has 1 fully saturated rings. The van der Waals surface area contributed by atoms with Crippen LogP contribution in [-0.4, -0.2) is 43.8 Å². The Hall–Kier alpha value is -4.22. The van der Waals surface area contributed by atoms with Crippen LogP contribution in [0.15, 0.2) is 54.9 Å². The number of carbonyl (C=O) groups is 3. The number of imidazole rings is 1. The number of fused-ring (bicyclic) bond motifs is 1. The number of aromatic nitrogens is 2. The first-order chi connectivity index (χ1) is 18.0. The van der Waals surface area contributed by atoms with Crippen LogP contribution in [0.25, 0.3) is 0 Å². The van der Waals surface area contributed by atoms with E-state index in [0.717, 1.165) is 18.2 Å². The van der Waals surface area contributed by atoms with Crippen molar-refractivity contribution >= 4 is 23.4 Å². The second kappa shape index (κ2) is 9.26. The van der Waals surface area contributed by atoms with Crippen LogP contribution in [0.2, 0.25) is 0 Å². The van der Waals surface area contributed by atoms with Crippen LogP contribution in [0.1, 0.15) is 51.9 Å². The van der Waals surface area contributed by atoms with Gasteiger partial charge in [0.05, 0.1) is 18.4 Å². The van der Waals surface area contributed by atoms with Gasteiger partial charge in [-0.3, -0.25) is 14.4 Å². The van der Waals surface area contributed by atoms with E-state index in [-0.39, 0.29) is 36.2 Å². The summed E-state index contributed by atoms with van der Waals surface area (Å²) >= 11 is 0. The summed E-state index contributed by atoms with van der Waals surface area (Å²) in [5.41, 5.74) is -1.92. The lowest BCUT2D eigenvalue weighted by Gasteiger charge is -2.44. The molecular formula is C26H23F4N5O3. The molecule has 1 saturated carbocycles. The van der Waals surface area contributed by atoms with Gasteiger partial charge in [-0.15, -0.1) is 0 Å². The first-order valence-corrected chi connectivity index (χ1v) is 11.9. The minimum Gasteiger partial charge on any atom is -0.350 e. The predicted octanol–water partition coefficient (Wildman–Crippen LogP) is 3.99. The largest absolute Gasteiger partial charge is 0.416 e. The lowest BCUT2D eigenvalue weighted by molar-refractivity contribution is -0.137. The maximum atomic E-state index is 13.7. The van der Waals surface area contributed by atoms with Crippen molar-refractivity contribution in [2.45, 2.75) is 50.6 Å². The summed E-state index contributed by atoms with van der Waals surface area (Å²) in [5.74, 6) is -2.22. The molecule has 1 atom stereocenters. The quantitative estimate of drug-likeness (QED) is 0.472. The molecule has 198 valence electrons. The first-order valence-electron chi connectivity index (χ1n) is 11.9. The van der Waals surface area contributed by atoms with Crippen molar-refractivity contribution in [3.05, 3.63) is 83.2 Å². The van der Waals surface area contributed by atoms with Gasteiger partial charge >= 0.3 is 6.18 Å². The van der Waals surface area contributed by atoms with E-state index in [2.05, 4.69) is 15.6 Å². The van der Waals surface area contributed by atoms with Crippen LogP contribution in [0, 0.1) is 5.82 Å². The summed E-state index contributed by atoms with van der Waals surface area (Å²) in [4.78, 5) is 45.6. The molecule has 0 spiro atoms. The van der Waals surface area contributed by atoms with E-state index in [1.54, 1.807) is 19.1 Å². The fourth-order valence-corrected chi connectivity index (χ4v) is 4.66. The normalized spacial score (nSPS) is 19.2. The van der Waals surface area contributed by atoms with Gasteiger partial charge in [0.25, 0.3) is 11.8 Å². The highest BCUT2D eigenvalue weighted by molar-refractivity contribution is 6.11. The Morgan fingerprint density at radius 3 is 2.50 bits per heavy atom. The number of benzene rings is 2. The minimum absolute atomic E-state index is 0.0175. The average Bonchev–Trinajstić information content (AvgIpc) is 3.60. The molecule has 1 unspecified atom stereocenters. The molecule has 1 aliphatic carbocycles. The Labute approximate surface area is 214 Å². The summed E-state index contributed by atoms with van der Waals surface area (Å²) in [6.45, 7) is 1.78. The fourth-order valence-electron chi connectivity index (χ4n) is 4.66. The van der Waals surface area contributed by atoms with E-state index in [4.69, 9.17) is 0 Å². The molecular weight excluding hydrogens is 506 g/mol. The third-order valence-corrected chi connectivity index (χ3v) is 6.70. The molecule has 1 aliphatic heterocycles. The number of carbonyl (C=O) groups excluding carboxylic acids is 3. The first kappa shape index (κ1) is 25.4. The van der Waals surface area contributed by atoms with Gasteiger partial charge in [-0.2, -0.15) is 13.2 Å². The standard InChI is InChI=1S/C26H23F4N5O3/c1-25(24(38)31-12-15-5-7-17(27)8-6-15)13-34-14-32-20(21(34)23(37)35(25)19-9-10-19)22(36)33-18-4-2-3-16(11-18)26(28,29)30/h2-8,11,14,19H,9-10,12-13H2,1H3,(H,31,38)(H,33,36). The molecule has 2 aromatic carbocycles. The van der Waals surface area contributed by atoms with Crippen LogP contribution < -0.4 is 10.6 Å². The summed E-state index contributed by atoms with van der Waals surface area (Å²) in [7, 11) is 0. The highest BCUT2D eigenvalue weighted by atomic mass is 19.4. The summed E-state index contributed by atoms with van der Waals surface area (Å²) in [6.07, 6.45) is -1.94. The van der Waals surface area contributed by atoms with Crippen molar-refractivity contribution in [2.75, 3.05) is 5.32 Å². The van der Waals surface area contributed by atoms with Gasteiger partial charge in [0, 0.05) is 18.3 Å². The van der Waals surface area contributed by atoms with Crippen LogP contribution >= 0.6 is 0 Å². The van der Waals surface area contributed by atoms with Gasteiger partial charge in [-0.05, 0) is 55.7 Å². The SMILES string of the molecule is CC1(C(=O)NCc2ccc(F)cc2)Cn2cnc(C(=O)Nc3cccc(C(F)(F)F)c3)c2C(=O)N1C1CC1. The van der Waals surface area contributed by atoms with Crippen molar-refractivity contribution in [2.24, 2.45) is 0 Å². The number of amides is 3. The molecule has 3 aromatic rings. The number of hydrogen-bond acceptors (Lipinski definition) is 4. The highest BCUT2D eigenvalue weighted by Gasteiger charge is 2.53. The molecule has 2 aliphatic rings. The van der Waals surface area contributed by atoms with Crippen molar-refractivity contribution in [1.82, 2.24) is 19.8 Å². The van der Waals surface area contributed by atoms with Gasteiger partial charge in [-0.1, -0.05) is 18.2 Å². The summed E-state index contributed by atoms with van der Waals surface area (Å²) in [5, 5.41) is 5.19. The van der Waals surface area contributed by atoms with E-state index >= 15 is 0 Å². The Bertz CT molecular complexity index is 1410. The molecule has 2 N–H and O–H groups in total. The van der Waals surface area contributed by atoms with Crippen LogP contribution in [0.4, 0.5) is 23.2 Å². The smallest absolute Gasteiger partial charge is 0.350 e. The van der Waals surface area contributed by atoms with E-state index < -0.39 is 40.8 Å². The molecule has 5 rings (SSSR count). The third-order valence-electron chi connectivity index (χ3n) is 6.70. The van der Waals surface area contributed by atoms with Crippen LogP contribution in [0.3, 0.4) is 0 Å². The molecule has 3 amide bonds. The zero-order chi connectivity index (χ0) is 27.2. The van der Waals surface area contributed by atoms with Crippen LogP contribution in [0.5, 0.6) is 0 Å². The van der Waals surface area contributed by atoms with Crippen molar-refractivity contribution in [3.63, 3.8) is 0 Å². The van der Waals surface area contributed by atoms with Gasteiger partial charge < -0.3 is 20.1 Å². The van der Waals surface area contributed by atoms with Crippen molar-refractivity contribution < 1.29 is 31.9 Å². The zero-order valence-corrected chi connectivity index (χ0v) is 20.2. The van der Waals surface area contributed by atoms with E-state index in [1.807, 2.05) is 0 Å². The highest BCUT2D eigenvalue weighted by Crippen LogP contribution is 2.39. The fraction of sp³-hybridized carbons (Fsp3) is 0.308. The number of hydrogen-bond donors (Lipinski definition) is 2. The number of nitrogens with one attached hydrogen (secondary N) is 2. The summed E-state index contributed by atoms with van der Waals surface area (Å²) in [6, 6.07) is 9.60. The second-order valence-corrected chi connectivity index (χ2v) is 9.59. The van der Waals surface area contributed by atoms with Crippen molar-refractivity contribution in [1.29, 1.82) is 0 Å². The Kier molecular flexibility index (Phi) is 6.20. The number of nitrogens with zero attached hydrogens (tertiary/aromatic N) is 3. The Morgan fingerprint density at radius 2 is 1.84 bits per heavy atom. The maximum absolute atomic E-state index is 13.7. The molecule has 2 heterocycles. The van der Waals surface area contributed by atoms with Gasteiger partial charge in [-0.25, -0.2) is 9.37 Å². The summed E-state index contributed by atoms with van der Waals surface area (Å²) < 4.78 is 53.8. The average molecular weight is 529 g/mol. The van der Waals surface area contributed by atoms with Crippen molar-refractivity contribution in [3.8, 4) is 0 Å². The lowest BCUT2D eigenvalue weighted by atomic mass is 9.93. The molecule has 0 radical (unpaired) electrons. The van der Waals surface area contributed by atoms with Gasteiger partial charge in [0.2, 0.25) is 5.91 Å². The predicted molar refractivity (Wildman–Crippen MR) is 127 cm³/mol. The number of halogens is 4. The number of rotatable bonds is 6.